The van der Waals surface area contributed by atoms with Gasteiger partial charge in [-0.2, -0.15) is 0 Å². The van der Waals surface area contributed by atoms with Crippen molar-refractivity contribution in [1.29, 1.82) is 0 Å². The second kappa shape index (κ2) is 8.86. The fourth-order valence-corrected chi connectivity index (χ4v) is 4.80. The Labute approximate surface area is 194 Å². The van der Waals surface area contributed by atoms with Crippen molar-refractivity contribution in [2.24, 2.45) is 0 Å². The topological polar surface area (TPSA) is 82.2 Å². The fourth-order valence-electron chi connectivity index (χ4n) is 4.80. The molecule has 0 aromatic heterocycles. The molecule has 2 aromatic carbocycles. The number of carbonyl (C=O) groups is 3. The Hall–Kier alpha value is -3.39. The molecular weight excluding hydrogens is 420 g/mol. The van der Waals surface area contributed by atoms with Crippen LogP contribution in [0, 0.1) is 0 Å². The SMILES string of the molecule is COc1cccc(C(CNC(=O)CN2C(=O)c3ccccc3N3C(=O)CCC23C)N(C)C)c1. The Morgan fingerprint density at radius 3 is 2.67 bits per heavy atom. The number of likely N-dealkylation sites (N-methyl/N-ethyl adjacent to an activating group) is 1. The summed E-state index contributed by atoms with van der Waals surface area (Å²) < 4.78 is 5.33. The number of amides is 3. The van der Waals surface area contributed by atoms with Crippen molar-refractivity contribution >= 4 is 23.4 Å². The summed E-state index contributed by atoms with van der Waals surface area (Å²) in [7, 11) is 5.52. The lowest BCUT2D eigenvalue weighted by Crippen LogP contribution is -2.64. The van der Waals surface area contributed by atoms with Crippen LogP contribution in [-0.2, 0) is 9.59 Å². The number of ether oxygens (including phenoxy) is 1. The number of hydrogen-bond donors (Lipinski definition) is 1. The molecule has 8 heteroatoms. The number of rotatable bonds is 7. The molecule has 4 rings (SSSR count). The van der Waals surface area contributed by atoms with Crippen molar-refractivity contribution in [3.05, 3.63) is 59.7 Å². The van der Waals surface area contributed by atoms with E-state index in [1.807, 2.05) is 56.3 Å². The van der Waals surface area contributed by atoms with Crippen molar-refractivity contribution in [2.45, 2.75) is 31.5 Å². The number of nitrogens with zero attached hydrogens (tertiary/aromatic N) is 3. The molecule has 2 atom stereocenters. The van der Waals surface area contributed by atoms with Crippen molar-refractivity contribution in [3.63, 3.8) is 0 Å². The van der Waals surface area contributed by atoms with Crippen LogP contribution in [0.4, 0.5) is 5.69 Å². The molecular formula is C25H30N4O4. The van der Waals surface area contributed by atoms with Crippen LogP contribution >= 0.6 is 0 Å². The number of fused-ring (bicyclic) bond motifs is 3. The van der Waals surface area contributed by atoms with Crippen molar-refractivity contribution in [1.82, 2.24) is 15.1 Å². The summed E-state index contributed by atoms with van der Waals surface area (Å²) in [4.78, 5) is 44.3. The molecule has 3 amide bonds. The van der Waals surface area contributed by atoms with Crippen LogP contribution in [-0.4, -0.2) is 67.5 Å². The van der Waals surface area contributed by atoms with E-state index in [-0.39, 0.29) is 30.3 Å². The second-order valence-corrected chi connectivity index (χ2v) is 8.91. The Bertz CT molecular complexity index is 1090. The number of hydrogen-bond acceptors (Lipinski definition) is 5. The molecule has 0 spiro atoms. The number of para-hydroxylation sites is 1. The molecule has 8 nitrogen and oxygen atoms in total. The maximum Gasteiger partial charge on any atom is 0.258 e. The van der Waals surface area contributed by atoms with E-state index in [1.54, 1.807) is 30.2 Å². The smallest absolute Gasteiger partial charge is 0.258 e. The van der Waals surface area contributed by atoms with E-state index in [0.29, 0.717) is 30.6 Å². The molecule has 33 heavy (non-hydrogen) atoms. The van der Waals surface area contributed by atoms with Crippen LogP contribution in [0.1, 0.15) is 41.7 Å². The Morgan fingerprint density at radius 2 is 1.94 bits per heavy atom. The van der Waals surface area contributed by atoms with Gasteiger partial charge in [-0.25, -0.2) is 0 Å². The lowest BCUT2D eigenvalue weighted by atomic mass is 9.98. The molecule has 1 fully saturated rings. The summed E-state index contributed by atoms with van der Waals surface area (Å²) in [6.07, 6.45) is 0.831. The molecule has 174 valence electrons. The number of benzene rings is 2. The lowest BCUT2D eigenvalue weighted by molar-refractivity contribution is -0.124. The van der Waals surface area contributed by atoms with E-state index >= 15 is 0 Å². The van der Waals surface area contributed by atoms with Gasteiger partial charge in [-0.05, 0) is 57.3 Å². The molecule has 0 radical (unpaired) electrons. The maximum atomic E-state index is 13.3. The largest absolute Gasteiger partial charge is 0.497 e. The van der Waals surface area contributed by atoms with Crippen molar-refractivity contribution in [3.8, 4) is 5.75 Å². The summed E-state index contributed by atoms with van der Waals surface area (Å²) in [5, 5.41) is 2.98. The van der Waals surface area contributed by atoms with Crippen LogP contribution in [0.5, 0.6) is 5.75 Å². The minimum Gasteiger partial charge on any atom is -0.497 e. The van der Waals surface area contributed by atoms with Gasteiger partial charge in [0.05, 0.1) is 24.4 Å². The third-order valence-electron chi connectivity index (χ3n) is 6.64. The van der Waals surface area contributed by atoms with Crippen LogP contribution in [0.2, 0.25) is 0 Å². The molecule has 2 aliphatic heterocycles. The Balaban J connectivity index is 1.52. The van der Waals surface area contributed by atoms with Crippen molar-refractivity contribution < 1.29 is 19.1 Å². The van der Waals surface area contributed by atoms with Gasteiger partial charge < -0.3 is 19.9 Å². The standard InChI is InChI=1S/C25H30N4O4/c1-25-13-12-23(31)29(25)20-11-6-5-10-19(20)24(32)28(25)16-22(30)26-15-21(27(2)3)17-8-7-9-18(14-17)33-4/h5-11,14,21H,12-13,15-16H2,1-4H3,(H,26,30). The molecule has 2 heterocycles. The van der Waals surface area contributed by atoms with Gasteiger partial charge in [-0.15, -0.1) is 0 Å². The van der Waals surface area contributed by atoms with Gasteiger partial charge >= 0.3 is 0 Å². The summed E-state index contributed by atoms with van der Waals surface area (Å²) in [6.45, 7) is 2.11. The van der Waals surface area contributed by atoms with Crippen molar-refractivity contribution in [2.75, 3.05) is 39.2 Å². The minimum absolute atomic E-state index is 0.0337. The van der Waals surface area contributed by atoms with E-state index in [2.05, 4.69) is 5.32 Å². The highest BCUT2D eigenvalue weighted by atomic mass is 16.5. The third kappa shape index (κ3) is 4.06. The third-order valence-corrected chi connectivity index (χ3v) is 6.64. The van der Waals surface area contributed by atoms with Gasteiger partial charge in [0.1, 0.15) is 18.0 Å². The zero-order valence-corrected chi connectivity index (χ0v) is 19.5. The highest BCUT2D eigenvalue weighted by molar-refractivity contribution is 6.11. The number of methoxy groups -OCH3 is 1. The molecule has 0 aliphatic carbocycles. The Kier molecular flexibility index (Phi) is 6.12. The molecule has 2 aliphatic rings. The summed E-state index contributed by atoms with van der Waals surface area (Å²) >= 11 is 0. The van der Waals surface area contributed by atoms with Gasteiger partial charge in [0.15, 0.2) is 0 Å². The average Bonchev–Trinajstić information content (AvgIpc) is 3.12. The molecule has 2 aromatic rings. The first-order chi connectivity index (χ1) is 15.8. The van der Waals surface area contributed by atoms with E-state index in [4.69, 9.17) is 4.74 Å². The predicted molar refractivity (Wildman–Crippen MR) is 125 cm³/mol. The number of anilines is 1. The first kappa shape index (κ1) is 22.8. The lowest BCUT2D eigenvalue weighted by Gasteiger charge is -2.48. The van der Waals surface area contributed by atoms with Gasteiger partial charge in [-0.1, -0.05) is 24.3 Å². The average molecular weight is 451 g/mol. The van der Waals surface area contributed by atoms with Gasteiger partial charge in [0, 0.05) is 13.0 Å². The molecule has 0 bridgehead atoms. The minimum atomic E-state index is -0.854. The van der Waals surface area contributed by atoms with Gasteiger partial charge in [-0.3, -0.25) is 19.3 Å². The molecule has 0 saturated carbocycles. The molecule has 1 saturated heterocycles. The van der Waals surface area contributed by atoms with Crippen LogP contribution < -0.4 is 15.0 Å². The van der Waals surface area contributed by atoms with Crippen LogP contribution in [0.25, 0.3) is 0 Å². The normalized spacial score (nSPS) is 20.5. The first-order valence-corrected chi connectivity index (χ1v) is 11.1. The molecule has 1 N–H and O–H groups in total. The zero-order chi connectivity index (χ0) is 23.8. The quantitative estimate of drug-likeness (QED) is 0.701. The second-order valence-electron chi connectivity index (χ2n) is 8.91. The number of carbonyl (C=O) groups excluding carboxylic acids is 3. The predicted octanol–water partition coefficient (Wildman–Crippen LogP) is 2.41. The van der Waals surface area contributed by atoms with E-state index in [9.17, 15) is 14.4 Å². The first-order valence-electron chi connectivity index (χ1n) is 11.1. The summed E-state index contributed by atoms with van der Waals surface area (Å²) in [5.41, 5.74) is 1.23. The van der Waals surface area contributed by atoms with E-state index < -0.39 is 5.66 Å². The van der Waals surface area contributed by atoms with E-state index in [0.717, 1.165) is 11.3 Å². The fraction of sp³-hybridized carbons (Fsp3) is 0.400. The van der Waals surface area contributed by atoms with Crippen LogP contribution in [0.15, 0.2) is 48.5 Å². The summed E-state index contributed by atoms with van der Waals surface area (Å²) in [6, 6.07) is 14.8. The zero-order valence-electron chi connectivity index (χ0n) is 19.5. The highest BCUT2D eigenvalue weighted by Gasteiger charge is 2.53. The van der Waals surface area contributed by atoms with Crippen LogP contribution in [0.3, 0.4) is 0 Å². The highest BCUT2D eigenvalue weighted by Crippen LogP contribution is 2.43. The maximum absolute atomic E-state index is 13.3. The molecule has 2 unspecified atom stereocenters. The van der Waals surface area contributed by atoms with Gasteiger partial charge in [0.2, 0.25) is 11.8 Å². The van der Waals surface area contributed by atoms with Gasteiger partial charge in [0.25, 0.3) is 5.91 Å². The summed E-state index contributed by atoms with van der Waals surface area (Å²) in [5.74, 6) is 0.222. The monoisotopic (exact) mass is 450 g/mol. The van der Waals surface area contributed by atoms with E-state index in [1.165, 1.54) is 4.90 Å². The number of nitrogens with one attached hydrogen (secondary N) is 1. The Morgan fingerprint density at radius 1 is 1.18 bits per heavy atom.